The van der Waals surface area contributed by atoms with E-state index in [9.17, 15) is 19.5 Å². The summed E-state index contributed by atoms with van der Waals surface area (Å²) in [5.74, 6) is -1.80. The fourth-order valence-electron chi connectivity index (χ4n) is 6.45. The van der Waals surface area contributed by atoms with Gasteiger partial charge in [-0.15, -0.1) is 24.9 Å². The van der Waals surface area contributed by atoms with E-state index in [4.69, 9.17) is 4.74 Å². The Bertz CT molecular complexity index is 866. The van der Waals surface area contributed by atoms with Crippen LogP contribution in [0.5, 0.6) is 0 Å². The predicted octanol–water partition coefficient (Wildman–Crippen LogP) is 3.81. The second-order valence-electron chi connectivity index (χ2n) is 11.4. The third kappa shape index (κ3) is 4.75. The molecule has 1 spiro atoms. The summed E-state index contributed by atoms with van der Waals surface area (Å²) >= 11 is 1.64. The third-order valence-electron chi connectivity index (χ3n) is 8.20. The van der Waals surface area contributed by atoms with Crippen LogP contribution in [0.2, 0.25) is 0 Å². The number of unbranched alkanes of at least 4 members (excludes halogenated alkanes) is 2. The van der Waals surface area contributed by atoms with Crippen LogP contribution in [0.4, 0.5) is 0 Å². The molecule has 0 radical (unpaired) electrons. The minimum Gasteiger partial charge on any atom is -0.465 e. The molecule has 3 rings (SSSR count). The molecule has 0 aromatic carbocycles. The molecule has 202 valence electrons. The van der Waals surface area contributed by atoms with Gasteiger partial charge in [0.15, 0.2) is 0 Å². The van der Waals surface area contributed by atoms with Gasteiger partial charge < -0.3 is 19.6 Å². The number of allylic oxidation sites excluding steroid dienone is 1. The minimum atomic E-state index is -0.748. The predicted molar refractivity (Wildman–Crippen MR) is 143 cm³/mol. The van der Waals surface area contributed by atoms with Crippen molar-refractivity contribution in [3.05, 3.63) is 25.3 Å². The summed E-state index contributed by atoms with van der Waals surface area (Å²) in [6, 6.07) is -1.24. The number of nitrogens with zero attached hydrogens (tertiary/aromatic N) is 2. The van der Waals surface area contributed by atoms with Crippen LogP contribution in [0.1, 0.15) is 66.7 Å². The lowest BCUT2D eigenvalue weighted by atomic mass is 9.66. The molecule has 3 saturated heterocycles. The zero-order valence-corrected chi connectivity index (χ0v) is 23.4. The maximum Gasteiger partial charge on any atom is 0.310 e. The normalized spacial score (nSPS) is 31.8. The van der Waals surface area contributed by atoms with Crippen LogP contribution >= 0.6 is 11.8 Å². The summed E-state index contributed by atoms with van der Waals surface area (Å²) in [7, 11) is 0. The quantitative estimate of drug-likeness (QED) is 0.239. The standard InChI is InChI=1S/C28H44N2O5S/c1-8-11-12-13-15-35-26(34)21-20-16-18(4)28(36-20)22(21)24(32)30(19(10-3)17-31)23(28)25(33)29(14-9-2)27(5,6)7/h8-9,18-23,31H,1-2,10-17H2,3-7H3/t18?,19-,20+,21-,22-,23?,28?/m0/s1. The molecular formula is C28H44N2O5S. The van der Waals surface area contributed by atoms with Gasteiger partial charge >= 0.3 is 5.97 Å². The van der Waals surface area contributed by atoms with Crippen molar-refractivity contribution < 1.29 is 24.2 Å². The first kappa shape index (κ1) is 28.8. The topological polar surface area (TPSA) is 87.1 Å². The number of fused-ring (bicyclic) bond motifs is 1. The first-order valence-electron chi connectivity index (χ1n) is 13.3. The summed E-state index contributed by atoms with van der Waals surface area (Å²) in [6.45, 7) is 18.0. The van der Waals surface area contributed by atoms with E-state index in [1.165, 1.54) is 0 Å². The molecule has 0 aliphatic carbocycles. The zero-order chi connectivity index (χ0) is 26.8. The fourth-order valence-corrected chi connectivity index (χ4v) is 8.84. The van der Waals surface area contributed by atoms with E-state index >= 15 is 0 Å². The molecule has 7 nitrogen and oxygen atoms in total. The Hall–Kier alpha value is -1.80. The van der Waals surface area contributed by atoms with Crippen LogP contribution in [0.25, 0.3) is 0 Å². The van der Waals surface area contributed by atoms with Gasteiger partial charge in [-0.25, -0.2) is 0 Å². The van der Waals surface area contributed by atoms with Crippen LogP contribution in [0, 0.1) is 17.8 Å². The first-order chi connectivity index (χ1) is 17.0. The second-order valence-corrected chi connectivity index (χ2v) is 13.0. The monoisotopic (exact) mass is 520 g/mol. The number of rotatable bonds is 12. The molecule has 2 amide bonds. The number of thioether (sulfide) groups is 1. The number of likely N-dealkylation sites (tertiary alicyclic amines) is 1. The Morgan fingerprint density at radius 1 is 1.31 bits per heavy atom. The zero-order valence-electron chi connectivity index (χ0n) is 22.6. The Labute approximate surface area is 220 Å². The molecule has 8 heteroatoms. The molecule has 7 atom stereocenters. The largest absolute Gasteiger partial charge is 0.465 e. The molecular weight excluding hydrogens is 476 g/mol. The van der Waals surface area contributed by atoms with E-state index in [0.29, 0.717) is 19.6 Å². The van der Waals surface area contributed by atoms with Crippen molar-refractivity contribution in [2.75, 3.05) is 19.8 Å². The van der Waals surface area contributed by atoms with Crippen LogP contribution < -0.4 is 0 Å². The molecule has 0 aromatic rings. The highest BCUT2D eigenvalue weighted by molar-refractivity contribution is 8.02. The maximum absolute atomic E-state index is 14.4. The van der Waals surface area contributed by atoms with Crippen LogP contribution in [0.15, 0.2) is 25.3 Å². The molecule has 0 saturated carbocycles. The number of hydrogen-bond acceptors (Lipinski definition) is 6. The van der Waals surface area contributed by atoms with Gasteiger partial charge in [0.1, 0.15) is 6.04 Å². The Kier molecular flexibility index (Phi) is 9.03. The number of aliphatic hydroxyl groups is 1. The van der Waals surface area contributed by atoms with Gasteiger partial charge in [-0.3, -0.25) is 14.4 Å². The van der Waals surface area contributed by atoms with Gasteiger partial charge in [0.2, 0.25) is 11.8 Å². The van der Waals surface area contributed by atoms with Crippen LogP contribution in [-0.2, 0) is 19.1 Å². The Morgan fingerprint density at radius 2 is 2.00 bits per heavy atom. The minimum absolute atomic E-state index is 0.0521. The van der Waals surface area contributed by atoms with E-state index in [2.05, 4.69) is 20.1 Å². The molecule has 3 fully saturated rings. The molecule has 2 bridgehead atoms. The van der Waals surface area contributed by atoms with Gasteiger partial charge in [0.25, 0.3) is 0 Å². The first-order valence-corrected chi connectivity index (χ1v) is 14.2. The smallest absolute Gasteiger partial charge is 0.310 e. The Balaban J connectivity index is 2.02. The van der Waals surface area contributed by atoms with Crippen molar-refractivity contribution in [2.24, 2.45) is 17.8 Å². The van der Waals surface area contributed by atoms with Gasteiger partial charge in [-0.05, 0) is 58.8 Å². The summed E-state index contributed by atoms with van der Waals surface area (Å²) in [5, 5.41) is 10.2. The molecule has 0 aromatic heterocycles. The summed E-state index contributed by atoms with van der Waals surface area (Å²) in [6.07, 6.45) is 7.35. The van der Waals surface area contributed by atoms with E-state index < -0.39 is 34.2 Å². The van der Waals surface area contributed by atoms with Crippen LogP contribution in [0.3, 0.4) is 0 Å². The average Bonchev–Trinajstić information content (AvgIpc) is 3.41. The molecule has 3 unspecified atom stereocenters. The van der Waals surface area contributed by atoms with E-state index in [1.54, 1.807) is 27.6 Å². The van der Waals surface area contributed by atoms with Crippen molar-refractivity contribution in [3.8, 4) is 0 Å². The van der Waals surface area contributed by atoms with Crippen molar-refractivity contribution in [3.63, 3.8) is 0 Å². The maximum atomic E-state index is 14.4. The highest BCUT2D eigenvalue weighted by Gasteiger charge is 2.77. The molecule has 3 aliphatic rings. The molecule has 36 heavy (non-hydrogen) atoms. The van der Waals surface area contributed by atoms with Gasteiger partial charge in [-0.2, -0.15) is 0 Å². The summed E-state index contributed by atoms with van der Waals surface area (Å²) < 4.78 is 4.96. The number of aliphatic hydroxyl groups excluding tert-OH is 1. The SMILES string of the molecule is C=CCCCCOC(=O)[C@@H]1[C@H]2C(=O)N([C@@H](CC)CO)C(C(=O)N(CC=C)C(C)(C)C)C23S[C@@H]1CC3C. The average molecular weight is 521 g/mol. The fraction of sp³-hybridized carbons (Fsp3) is 0.750. The summed E-state index contributed by atoms with van der Waals surface area (Å²) in [5.41, 5.74) is -0.482. The van der Waals surface area contributed by atoms with Gasteiger partial charge in [-0.1, -0.05) is 26.0 Å². The van der Waals surface area contributed by atoms with Crippen molar-refractivity contribution in [1.82, 2.24) is 9.80 Å². The van der Waals surface area contributed by atoms with E-state index in [-0.39, 0.29) is 35.6 Å². The lowest BCUT2D eigenvalue weighted by Crippen LogP contribution is -2.61. The van der Waals surface area contributed by atoms with Crippen LogP contribution in [-0.4, -0.2) is 80.1 Å². The lowest BCUT2D eigenvalue weighted by Gasteiger charge is -2.45. The van der Waals surface area contributed by atoms with Crippen molar-refractivity contribution >= 4 is 29.5 Å². The van der Waals surface area contributed by atoms with Crippen molar-refractivity contribution in [1.29, 1.82) is 0 Å². The highest BCUT2D eigenvalue weighted by atomic mass is 32.2. The number of carbonyl (C=O) groups is 3. The number of esters is 1. The van der Waals surface area contributed by atoms with Gasteiger partial charge in [0, 0.05) is 17.3 Å². The molecule has 3 heterocycles. The number of carbonyl (C=O) groups excluding carboxylic acids is 3. The second kappa shape index (κ2) is 11.3. The van der Waals surface area contributed by atoms with Gasteiger partial charge in [0.05, 0.1) is 35.8 Å². The third-order valence-corrected chi connectivity index (χ3v) is 10.3. The highest BCUT2D eigenvalue weighted by Crippen LogP contribution is 2.69. The van der Waals surface area contributed by atoms with E-state index in [1.807, 2.05) is 33.8 Å². The number of amides is 2. The van der Waals surface area contributed by atoms with Crippen molar-refractivity contribution in [2.45, 2.75) is 94.3 Å². The van der Waals surface area contributed by atoms with E-state index in [0.717, 1.165) is 25.7 Å². The summed E-state index contributed by atoms with van der Waals surface area (Å²) in [4.78, 5) is 45.3. The number of ether oxygens (including phenoxy) is 1. The molecule has 1 N–H and O–H groups in total. The number of hydrogen-bond donors (Lipinski definition) is 1. The molecule has 3 aliphatic heterocycles. The Morgan fingerprint density at radius 3 is 2.56 bits per heavy atom. The lowest BCUT2D eigenvalue weighted by molar-refractivity contribution is -0.155.